The van der Waals surface area contributed by atoms with Gasteiger partial charge in [0, 0.05) is 6.92 Å². The lowest BCUT2D eigenvalue weighted by molar-refractivity contribution is -0.146. The summed E-state index contributed by atoms with van der Waals surface area (Å²) in [5.74, 6) is -0.226. The summed E-state index contributed by atoms with van der Waals surface area (Å²) in [6.07, 6.45) is 0.803. The van der Waals surface area contributed by atoms with Crippen molar-refractivity contribution in [1.82, 2.24) is 0 Å². The average molecular weight is 255 g/mol. The molecule has 2 rings (SSSR count). The standard InChI is InChI=1S/C11H11BrO2/c1-7(13)14-11-9-5-3-2-4-8(9)6-10(11)12/h2-5,10-11H,6H2,1H3. The number of hydrogen-bond acceptors (Lipinski definition) is 2. The topological polar surface area (TPSA) is 26.3 Å². The van der Waals surface area contributed by atoms with Crippen molar-refractivity contribution >= 4 is 21.9 Å². The van der Waals surface area contributed by atoms with Crippen molar-refractivity contribution in [3.05, 3.63) is 35.4 Å². The highest BCUT2D eigenvalue weighted by Crippen LogP contribution is 2.38. The van der Waals surface area contributed by atoms with Crippen LogP contribution in [0.3, 0.4) is 0 Å². The fraction of sp³-hybridized carbons (Fsp3) is 0.364. The zero-order valence-corrected chi connectivity index (χ0v) is 9.45. The predicted molar refractivity (Wildman–Crippen MR) is 57.4 cm³/mol. The summed E-state index contributed by atoms with van der Waals surface area (Å²) in [7, 11) is 0. The first-order valence-corrected chi connectivity index (χ1v) is 5.49. The largest absolute Gasteiger partial charge is 0.456 e. The van der Waals surface area contributed by atoms with Gasteiger partial charge in [-0.05, 0) is 17.5 Å². The zero-order valence-electron chi connectivity index (χ0n) is 7.87. The monoisotopic (exact) mass is 254 g/mol. The van der Waals surface area contributed by atoms with Crippen LogP contribution < -0.4 is 0 Å². The summed E-state index contributed by atoms with van der Waals surface area (Å²) < 4.78 is 5.26. The fourth-order valence-electron chi connectivity index (χ4n) is 1.83. The summed E-state index contributed by atoms with van der Waals surface area (Å²) in [6.45, 7) is 1.45. The van der Waals surface area contributed by atoms with Crippen molar-refractivity contribution in [2.24, 2.45) is 0 Å². The second kappa shape index (κ2) is 3.73. The molecular weight excluding hydrogens is 244 g/mol. The Kier molecular flexibility index (Phi) is 2.59. The van der Waals surface area contributed by atoms with E-state index in [1.165, 1.54) is 12.5 Å². The van der Waals surface area contributed by atoms with E-state index in [9.17, 15) is 4.79 Å². The van der Waals surface area contributed by atoms with Crippen LogP contribution in [0.25, 0.3) is 0 Å². The maximum absolute atomic E-state index is 10.9. The Bertz CT molecular complexity index is 362. The molecule has 0 bridgehead atoms. The van der Waals surface area contributed by atoms with Gasteiger partial charge in [-0.3, -0.25) is 4.79 Å². The molecule has 0 fully saturated rings. The SMILES string of the molecule is CC(=O)OC1c2ccccc2CC1Br. The van der Waals surface area contributed by atoms with Gasteiger partial charge in [-0.15, -0.1) is 0 Å². The normalized spacial score (nSPS) is 24.4. The lowest BCUT2D eigenvalue weighted by Gasteiger charge is -2.15. The second-order valence-electron chi connectivity index (χ2n) is 3.45. The minimum Gasteiger partial charge on any atom is -0.456 e. The maximum atomic E-state index is 10.9. The van der Waals surface area contributed by atoms with Crippen molar-refractivity contribution in [3.8, 4) is 0 Å². The van der Waals surface area contributed by atoms with E-state index >= 15 is 0 Å². The Hall–Kier alpha value is -0.830. The van der Waals surface area contributed by atoms with E-state index in [1.54, 1.807) is 0 Å². The molecule has 0 radical (unpaired) electrons. The van der Waals surface area contributed by atoms with Crippen LogP contribution in [-0.4, -0.2) is 10.8 Å². The number of benzene rings is 1. The molecule has 74 valence electrons. The molecule has 14 heavy (non-hydrogen) atoms. The van der Waals surface area contributed by atoms with Crippen molar-refractivity contribution in [2.45, 2.75) is 24.3 Å². The predicted octanol–water partition coefficient (Wildman–Crippen LogP) is 2.61. The fourth-order valence-corrected chi connectivity index (χ4v) is 2.57. The van der Waals surface area contributed by atoms with Gasteiger partial charge in [-0.25, -0.2) is 0 Å². The Morgan fingerprint density at radius 1 is 1.50 bits per heavy atom. The molecule has 0 amide bonds. The first-order chi connectivity index (χ1) is 6.68. The number of carbonyl (C=O) groups is 1. The van der Waals surface area contributed by atoms with Gasteiger partial charge < -0.3 is 4.74 Å². The van der Waals surface area contributed by atoms with E-state index in [-0.39, 0.29) is 16.9 Å². The first kappa shape index (κ1) is 9.71. The third-order valence-corrected chi connectivity index (χ3v) is 3.20. The zero-order chi connectivity index (χ0) is 10.1. The summed E-state index contributed by atoms with van der Waals surface area (Å²) >= 11 is 3.54. The highest BCUT2D eigenvalue weighted by molar-refractivity contribution is 9.09. The molecule has 0 N–H and O–H groups in total. The number of fused-ring (bicyclic) bond motifs is 1. The van der Waals surface area contributed by atoms with Crippen LogP contribution in [-0.2, 0) is 16.0 Å². The molecular formula is C11H11BrO2. The number of hydrogen-bond donors (Lipinski definition) is 0. The third-order valence-electron chi connectivity index (χ3n) is 2.40. The van der Waals surface area contributed by atoms with Gasteiger partial charge in [0.15, 0.2) is 0 Å². The molecule has 1 aromatic rings. The third kappa shape index (κ3) is 1.69. The van der Waals surface area contributed by atoms with E-state index in [2.05, 4.69) is 22.0 Å². The lowest BCUT2D eigenvalue weighted by Crippen LogP contribution is -2.13. The van der Waals surface area contributed by atoms with Crippen LogP contribution >= 0.6 is 15.9 Å². The summed E-state index contributed by atoms with van der Waals surface area (Å²) in [5, 5.41) is 0. The molecule has 1 aliphatic rings. The van der Waals surface area contributed by atoms with Crippen molar-refractivity contribution in [1.29, 1.82) is 0 Å². The lowest BCUT2D eigenvalue weighted by atomic mass is 10.1. The van der Waals surface area contributed by atoms with Gasteiger partial charge in [0.2, 0.25) is 0 Å². The van der Waals surface area contributed by atoms with E-state index in [4.69, 9.17) is 4.74 Å². The van der Waals surface area contributed by atoms with Crippen molar-refractivity contribution < 1.29 is 9.53 Å². The van der Waals surface area contributed by atoms with Gasteiger partial charge in [-0.1, -0.05) is 40.2 Å². The molecule has 1 aromatic carbocycles. The second-order valence-corrected chi connectivity index (χ2v) is 4.63. The summed E-state index contributed by atoms with van der Waals surface area (Å²) in [6, 6.07) is 8.08. The highest BCUT2D eigenvalue weighted by Gasteiger charge is 2.32. The maximum Gasteiger partial charge on any atom is 0.303 e. The molecule has 0 heterocycles. The number of esters is 1. The van der Waals surface area contributed by atoms with E-state index in [0.717, 1.165) is 12.0 Å². The Balaban J connectivity index is 2.30. The van der Waals surface area contributed by atoms with Crippen molar-refractivity contribution in [3.63, 3.8) is 0 Å². The number of rotatable bonds is 1. The number of alkyl halides is 1. The van der Waals surface area contributed by atoms with Crippen molar-refractivity contribution in [2.75, 3.05) is 0 Å². The molecule has 0 aliphatic heterocycles. The molecule has 0 spiro atoms. The van der Waals surface area contributed by atoms with Gasteiger partial charge >= 0.3 is 5.97 Å². The van der Waals surface area contributed by atoms with Crippen LogP contribution in [0, 0.1) is 0 Å². The number of carbonyl (C=O) groups excluding carboxylic acids is 1. The quantitative estimate of drug-likeness (QED) is 0.569. The minimum absolute atomic E-state index is 0.122. The molecule has 0 saturated heterocycles. The van der Waals surface area contributed by atoms with Gasteiger partial charge in [-0.2, -0.15) is 0 Å². The van der Waals surface area contributed by atoms with Crippen LogP contribution in [0.15, 0.2) is 24.3 Å². The van der Waals surface area contributed by atoms with Gasteiger partial charge in [0.05, 0.1) is 4.83 Å². The smallest absolute Gasteiger partial charge is 0.303 e. The van der Waals surface area contributed by atoms with Gasteiger partial charge in [0.1, 0.15) is 6.10 Å². The molecule has 3 heteroatoms. The summed E-state index contributed by atoms with van der Waals surface area (Å²) in [5.41, 5.74) is 2.39. The van der Waals surface area contributed by atoms with E-state index in [1.807, 2.05) is 18.2 Å². The van der Waals surface area contributed by atoms with Crippen LogP contribution in [0.4, 0.5) is 0 Å². The molecule has 1 aliphatic carbocycles. The first-order valence-electron chi connectivity index (χ1n) is 4.57. The Morgan fingerprint density at radius 2 is 2.21 bits per heavy atom. The average Bonchev–Trinajstić information content (AvgIpc) is 2.43. The highest BCUT2D eigenvalue weighted by atomic mass is 79.9. The molecule has 2 unspecified atom stereocenters. The molecule has 2 atom stereocenters. The van der Waals surface area contributed by atoms with Crippen LogP contribution in [0.2, 0.25) is 0 Å². The van der Waals surface area contributed by atoms with Gasteiger partial charge in [0.25, 0.3) is 0 Å². The molecule has 2 nitrogen and oxygen atoms in total. The molecule has 0 saturated carbocycles. The number of ether oxygens (including phenoxy) is 1. The minimum atomic E-state index is -0.226. The Labute approximate surface area is 91.4 Å². The van der Waals surface area contributed by atoms with Crippen LogP contribution in [0.5, 0.6) is 0 Å². The Morgan fingerprint density at radius 3 is 2.93 bits per heavy atom. The van der Waals surface area contributed by atoms with Crippen LogP contribution in [0.1, 0.15) is 24.2 Å². The van der Waals surface area contributed by atoms with E-state index in [0.29, 0.717) is 0 Å². The summed E-state index contributed by atoms with van der Waals surface area (Å²) in [4.78, 5) is 11.1. The van der Waals surface area contributed by atoms with E-state index < -0.39 is 0 Å². The number of halogens is 1. The molecule has 0 aromatic heterocycles.